The number of nitrogens with zero attached hydrogens (tertiary/aromatic N) is 1. The molecule has 2 atom stereocenters. The standard InChI is InChI=1S/C12H14BrCl2NO2S/c1-8-4-5-16(11(8)7-14)19(17,18)12-3-2-9(13)6-10(12)15/h2-3,6,8,11H,4-5,7H2,1H3. The highest BCUT2D eigenvalue weighted by Gasteiger charge is 2.39. The van der Waals surface area contributed by atoms with E-state index in [1.165, 1.54) is 10.4 Å². The number of alkyl halides is 1. The van der Waals surface area contributed by atoms with E-state index in [2.05, 4.69) is 15.9 Å². The van der Waals surface area contributed by atoms with Gasteiger partial charge in [0.05, 0.1) is 5.02 Å². The second kappa shape index (κ2) is 5.90. The Labute approximate surface area is 132 Å². The van der Waals surface area contributed by atoms with Crippen LogP contribution in [0.15, 0.2) is 27.6 Å². The molecule has 19 heavy (non-hydrogen) atoms. The number of benzene rings is 1. The molecule has 2 unspecified atom stereocenters. The van der Waals surface area contributed by atoms with Crippen LogP contribution in [-0.2, 0) is 10.0 Å². The van der Waals surface area contributed by atoms with Crippen molar-refractivity contribution >= 4 is 49.2 Å². The van der Waals surface area contributed by atoms with E-state index in [0.717, 1.165) is 10.9 Å². The van der Waals surface area contributed by atoms with Crippen molar-refractivity contribution in [3.8, 4) is 0 Å². The number of halogens is 3. The van der Waals surface area contributed by atoms with E-state index in [0.29, 0.717) is 12.4 Å². The highest BCUT2D eigenvalue weighted by Crippen LogP contribution is 2.34. The highest BCUT2D eigenvalue weighted by atomic mass is 79.9. The number of sulfonamides is 1. The molecule has 0 radical (unpaired) electrons. The van der Waals surface area contributed by atoms with Gasteiger partial charge in [0.15, 0.2) is 0 Å². The van der Waals surface area contributed by atoms with Crippen molar-refractivity contribution < 1.29 is 8.42 Å². The maximum atomic E-state index is 12.6. The largest absolute Gasteiger partial charge is 0.244 e. The van der Waals surface area contributed by atoms with E-state index in [-0.39, 0.29) is 21.9 Å². The smallest absolute Gasteiger partial charge is 0.207 e. The Morgan fingerprint density at radius 1 is 1.47 bits per heavy atom. The molecular formula is C12H14BrCl2NO2S. The minimum absolute atomic E-state index is 0.140. The minimum atomic E-state index is -3.58. The average molecular weight is 387 g/mol. The molecule has 2 rings (SSSR count). The van der Waals surface area contributed by atoms with Crippen LogP contribution >= 0.6 is 39.1 Å². The fraction of sp³-hybridized carbons (Fsp3) is 0.500. The maximum absolute atomic E-state index is 12.6. The lowest BCUT2D eigenvalue weighted by atomic mass is 10.1. The van der Waals surface area contributed by atoms with Gasteiger partial charge in [-0.05, 0) is 30.5 Å². The summed E-state index contributed by atoms with van der Waals surface area (Å²) < 4.78 is 27.5. The molecular weight excluding hydrogens is 373 g/mol. The van der Waals surface area contributed by atoms with E-state index < -0.39 is 10.0 Å². The summed E-state index contributed by atoms with van der Waals surface area (Å²) in [6.07, 6.45) is 0.824. The fourth-order valence-corrected chi connectivity index (χ4v) is 5.61. The summed E-state index contributed by atoms with van der Waals surface area (Å²) >= 11 is 15.2. The zero-order valence-electron chi connectivity index (χ0n) is 10.3. The lowest BCUT2D eigenvalue weighted by Crippen LogP contribution is -2.38. The van der Waals surface area contributed by atoms with Crippen LogP contribution in [0.1, 0.15) is 13.3 Å². The summed E-state index contributed by atoms with van der Waals surface area (Å²) in [5.74, 6) is 0.565. The van der Waals surface area contributed by atoms with Gasteiger partial charge in [0.25, 0.3) is 0 Å². The molecule has 1 fully saturated rings. The van der Waals surface area contributed by atoms with Gasteiger partial charge in [-0.15, -0.1) is 11.6 Å². The first-order valence-electron chi connectivity index (χ1n) is 5.90. The second-order valence-electron chi connectivity index (χ2n) is 4.68. The van der Waals surface area contributed by atoms with Gasteiger partial charge in [-0.2, -0.15) is 4.31 Å². The third kappa shape index (κ3) is 2.95. The van der Waals surface area contributed by atoms with Crippen molar-refractivity contribution in [2.24, 2.45) is 5.92 Å². The van der Waals surface area contributed by atoms with E-state index in [9.17, 15) is 8.42 Å². The van der Waals surface area contributed by atoms with Crippen LogP contribution in [-0.4, -0.2) is 31.2 Å². The molecule has 1 aliphatic rings. The van der Waals surface area contributed by atoms with E-state index in [1.807, 2.05) is 6.92 Å². The van der Waals surface area contributed by atoms with Gasteiger partial charge < -0.3 is 0 Å². The van der Waals surface area contributed by atoms with Crippen LogP contribution < -0.4 is 0 Å². The Hall–Kier alpha value is 0.190. The molecule has 0 spiro atoms. The molecule has 0 N–H and O–H groups in total. The van der Waals surface area contributed by atoms with Crippen molar-refractivity contribution in [2.45, 2.75) is 24.3 Å². The molecule has 106 valence electrons. The van der Waals surface area contributed by atoms with Crippen molar-refractivity contribution in [3.63, 3.8) is 0 Å². The van der Waals surface area contributed by atoms with Crippen LogP contribution in [0.3, 0.4) is 0 Å². The molecule has 0 amide bonds. The second-order valence-corrected chi connectivity index (χ2v) is 8.17. The van der Waals surface area contributed by atoms with Crippen molar-refractivity contribution in [2.75, 3.05) is 12.4 Å². The third-order valence-electron chi connectivity index (χ3n) is 3.47. The van der Waals surface area contributed by atoms with Gasteiger partial charge in [0.1, 0.15) is 4.90 Å². The van der Waals surface area contributed by atoms with Crippen molar-refractivity contribution in [3.05, 3.63) is 27.7 Å². The molecule has 0 aliphatic carbocycles. The molecule has 0 bridgehead atoms. The van der Waals surface area contributed by atoms with Crippen molar-refractivity contribution in [1.29, 1.82) is 0 Å². The predicted octanol–water partition coefficient (Wildman–Crippen LogP) is 3.74. The van der Waals surface area contributed by atoms with Gasteiger partial charge in [0.2, 0.25) is 10.0 Å². The molecule has 0 aromatic heterocycles. The number of rotatable bonds is 3. The molecule has 0 saturated carbocycles. The number of hydrogen-bond donors (Lipinski definition) is 0. The maximum Gasteiger partial charge on any atom is 0.244 e. The van der Waals surface area contributed by atoms with Crippen LogP contribution in [0.25, 0.3) is 0 Å². The van der Waals surface area contributed by atoms with E-state index >= 15 is 0 Å². The summed E-state index contributed by atoms with van der Waals surface area (Å²) in [4.78, 5) is 0.140. The average Bonchev–Trinajstić information content (AvgIpc) is 2.70. The van der Waals surface area contributed by atoms with E-state index in [4.69, 9.17) is 23.2 Å². The summed E-state index contributed by atoms with van der Waals surface area (Å²) in [6.45, 7) is 2.51. The Balaban J connectivity index is 2.42. The van der Waals surface area contributed by atoms with Crippen molar-refractivity contribution in [1.82, 2.24) is 4.31 Å². The quantitative estimate of drug-likeness (QED) is 0.742. The normalized spacial score (nSPS) is 24.8. The van der Waals surface area contributed by atoms with Gasteiger partial charge in [-0.3, -0.25) is 0 Å². The molecule has 1 aromatic rings. The van der Waals surface area contributed by atoms with Gasteiger partial charge >= 0.3 is 0 Å². The summed E-state index contributed by atoms with van der Waals surface area (Å²) in [6, 6.07) is 4.62. The summed E-state index contributed by atoms with van der Waals surface area (Å²) in [5, 5.41) is 0.224. The lowest BCUT2D eigenvalue weighted by Gasteiger charge is -2.24. The molecule has 1 aliphatic heterocycles. The first kappa shape index (κ1) is 15.6. The molecule has 1 saturated heterocycles. The highest BCUT2D eigenvalue weighted by molar-refractivity contribution is 9.10. The van der Waals surface area contributed by atoms with Gasteiger partial charge in [-0.1, -0.05) is 34.5 Å². The van der Waals surface area contributed by atoms with Crippen LogP contribution in [0, 0.1) is 5.92 Å². The monoisotopic (exact) mass is 385 g/mol. The van der Waals surface area contributed by atoms with Crippen LogP contribution in [0.5, 0.6) is 0 Å². The van der Waals surface area contributed by atoms with Gasteiger partial charge in [0, 0.05) is 22.9 Å². The van der Waals surface area contributed by atoms with Crippen LogP contribution in [0.4, 0.5) is 0 Å². The Morgan fingerprint density at radius 2 is 2.16 bits per heavy atom. The topological polar surface area (TPSA) is 37.4 Å². The number of hydrogen-bond acceptors (Lipinski definition) is 2. The van der Waals surface area contributed by atoms with E-state index in [1.54, 1.807) is 12.1 Å². The fourth-order valence-electron chi connectivity index (χ4n) is 2.31. The lowest BCUT2D eigenvalue weighted by molar-refractivity contribution is 0.375. The zero-order valence-corrected chi connectivity index (χ0v) is 14.2. The molecule has 7 heteroatoms. The zero-order chi connectivity index (χ0) is 14.2. The third-order valence-corrected chi connectivity index (χ3v) is 6.69. The Morgan fingerprint density at radius 3 is 2.74 bits per heavy atom. The first-order valence-corrected chi connectivity index (χ1v) is 9.05. The van der Waals surface area contributed by atoms with Crippen LogP contribution in [0.2, 0.25) is 5.02 Å². The van der Waals surface area contributed by atoms with Gasteiger partial charge in [-0.25, -0.2) is 8.42 Å². The SMILES string of the molecule is CC1CCN(S(=O)(=O)c2ccc(Br)cc2Cl)C1CCl. The molecule has 3 nitrogen and oxygen atoms in total. The summed E-state index contributed by atoms with van der Waals surface area (Å²) in [5.41, 5.74) is 0. The molecule has 1 heterocycles. The first-order chi connectivity index (χ1) is 8.87. The minimum Gasteiger partial charge on any atom is -0.207 e. The summed E-state index contributed by atoms with van der Waals surface area (Å²) in [7, 11) is -3.58. The molecule has 1 aromatic carbocycles. The predicted molar refractivity (Wildman–Crippen MR) is 81.3 cm³/mol. The Bertz CT molecular complexity index is 579. The Kier molecular flexibility index (Phi) is 4.83.